The number of nitrogens with one attached hydrogen (secondary N) is 2. The van der Waals surface area contributed by atoms with Crippen molar-refractivity contribution in [1.82, 2.24) is 14.9 Å². The Morgan fingerprint density at radius 2 is 1.79 bits per heavy atom. The number of likely N-dealkylation sites (N-methyl/N-ethyl adjacent to an activating group) is 1. The highest BCUT2D eigenvalue weighted by atomic mass is 32.2. The van der Waals surface area contributed by atoms with Crippen molar-refractivity contribution in [3.63, 3.8) is 0 Å². The van der Waals surface area contributed by atoms with Gasteiger partial charge in [-0.15, -0.1) is 0 Å². The normalized spacial score (nSPS) is 12.0. The Hall–Kier alpha value is -1.35. The van der Waals surface area contributed by atoms with Crippen molar-refractivity contribution in [2.75, 3.05) is 25.9 Å². The number of hydrogen-bond donors (Lipinski definition) is 3. The van der Waals surface area contributed by atoms with Gasteiger partial charge in [0.2, 0.25) is 10.0 Å². The number of aliphatic carboxylic acids is 1. The summed E-state index contributed by atoms with van der Waals surface area (Å²) >= 11 is 0. The van der Waals surface area contributed by atoms with E-state index >= 15 is 0 Å². The standard InChI is InChI=1S/C10H21N3O5S/c1-5-13(10(2,3)8(14)15)9(16)11-6-7-12-19(4,17)18/h12H,5-7H2,1-4H3,(H,11,16)(H,14,15). The van der Waals surface area contributed by atoms with Crippen LogP contribution < -0.4 is 10.0 Å². The molecule has 3 N–H and O–H groups in total. The molecule has 0 saturated carbocycles. The van der Waals surface area contributed by atoms with Crippen LogP contribution in [0.4, 0.5) is 4.79 Å². The maximum absolute atomic E-state index is 11.8. The summed E-state index contributed by atoms with van der Waals surface area (Å²) in [6.45, 7) is 4.87. The Bertz CT molecular complexity index is 432. The minimum absolute atomic E-state index is 0.0512. The van der Waals surface area contributed by atoms with Crippen LogP contribution in [0.15, 0.2) is 0 Å². The van der Waals surface area contributed by atoms with Gasteiger partial charge >= 0.3 is 12.0 Å². The fourth-order valence-corrected chi connectivity index (χ4v) is 1.88. The van der Waals surface area contributed by atoms with E-state index in [0.29, 0.717) is 0 Å². The molecule has 0 radical (unpaired) electrons. The van der Waals surface area contributed by atoms with Crippen molar-refractivity contribution in [1.29, 1.82) is 0 Å². The summed E-state index contributed by atoms with van der Waals surface area (Å²) in [5.41, 5.74) is -1.33. The lowest BCUT2D eigenvalue weighted by atomic mass is 10.0. The molecule has 0 bridgehead atoms. The molecule has 0 aliphatic carbocycles. The molecule has 0 aromatic carbocycles. The van der Waals surface area contributed by atoms with Crippen LogP contribution in [0.3, 0.4) is 0 Å². The molecule has 9 heteroatoms. The lowest BCUT2D eigenvalue weighted by Crippen LogP contribution is -2.56. The molecule has 0 aromatic heterocycles. The Morgan fingerprint density at radius 3 is 2.16 bits per heavy atom. The summed E-state index contributed by atoms with van der Waals surface area (Å²) in [5.74, 6) is -1.11. The first kappa shape index (κ1) is 17.6. The van der Waals surface area contributed by atoms with E-state index < -0.39 is 27.6 Å². The first-order valence-electron chi connectivity index (χ1n) is 5.76. The van der Waals surface area contributed by atoms with E-state index in [1.807, 2.05) is 0 Å². The lowest BCUT2D eigenvalue weighted by molar-refractivity contribution is -0.147. The highest BCUT2D eigenvalue weighted by molar-refractivity contribution is 7.88. The molecule has 0 aliphatic heterocycles. The number of hydrogen-bond acceptors (Lipinski definition) is 4. The van der Waals surface area contributed by atoms with E-state index in [1.54, 1.807) is 6.92 Å². The average molecular weight is 295 g/mol. The zero-order valence-electron chi connectivity index (χ0n) is 11.6. The number of sulfonamides is 1. The number of urea groups is 1. The zero-order chi connectivity index (χ0) is 15.3. The van der Waals surface area contributed by atoms with Crippen LogP contribution in [0.5, 0.6) is 0 Å². The third kappa shape index (κ3) is 5.88. The summed E-state index contributed by atoms with van der Waals surface area (Å²) in [6.07, 6.45) is 1.01. The van der Waals surface area contributed by atoms with Gasteiger partial charge in [-0.1, -0.05) is 0 Å². The monoisotopic (exact) mass is 295 g/mol. The largest absolute Gasteiger partial charge is 0.480 e. The quantitative estimate of drug-likeness (QED) is 0.544. The van der Waals surface area contributed by atoms with Gasteiger partial charge in [0.15, 0.2) is 0 Å². The van der Waals surface area contributed by atoms with E-state index in [9.17, 15) is 18.0 Å². The molecule has 0 aromatic rings. The molecule has 0 saturated heterocycles. The lowest BCUT2D eigenvalue weighted by Gasteiger charge is -2.34. The van der Waals surface area contributed by atoms with Gasteiger partial charge in [0, 0.05) is 19.6 Å². The van der Waals surface area contributed by atoms with Crippen LogP contribution in [-0.2, 0) is 14.8 Å². The predicted octanol–water partition coefficient (Wildman–Crippen LogP) is -0.570. The Balaban J connectivity index is 4.43. The van der Waals surface area contributed by atoms with Gasteiger partial charge < -0.3 is 15.3 Å². The molecular formula is C10H21N3O5S. The molecule has 0 unspecified atom stereocenters. The third-order valence-corrected chi connectivity index (χ3v) is 3.25. The van der Waals surface area contributed by atoms with Gasteiger partial charge in [0.1, 0.15) is 5.54 Å². The molecule has 19 heavy (non-hydrogen) atoms. The number of nitrogens with zero attached hydrogens (tertiary/aromatic N) is 1. The second-order valence-corrected chi connectivity index (χ2v) is 6.34. The molecule has 0 fully saturated rings. The molecule has 0 rings (SSSR count). The second-order valence-electron chi connectivity index (χ2n) is 4.51. The minimum atomic E-state index is -3.30. The van der Waals surface area contributed by atoms with Gasteiger partial charge in [0.05, 0.1) is 6.26 Å². The fourth-order valence-electron chi connectivity index (χ4n) is 1.41. The summed E-state index contributed by atoms with van der Waals surface area (Å²) in [6, 6.07) is -0.551. The zero-order valence-corrected chi connectivity index (χ0v) is 12.4. The number of carboxylic acid groups (broad SMARTS) is 1. The van der Waals surface area contributed by atoms with Crippen LogP contribution in [0, 0.1) is 0 Å². The Kier molecular flexibility index (Phi) is 6.23. The molecule has 0 aliphatic rings. The van der Waals surface area contributed by atoms with E-state index in [1.165, 1.54) is 13.8 Å². The SMILES string of the molecule is CCN(C(=O)NCCNS(C)(=O)=O)C(C)(C)C(=O)O. The molecule has 0 spiro atoms. The molecule has 2 amide bonds. The van der Waals surface area contributed by atoms with Gasteiger partial charge in [0.25, 0.3) is 0 Å². The Morgan fingerprint density at radius 1 is 1.26 bits per heavy atom. The van der Waals surface area contributed by atoms with Gasteiger partial charge in [-0.25, -0.2) is 22.7 Å². The fraction of sp³-hybridized carbons (Fsp3) is 0.800. The molecular weight excluding hydrogens is 274 g/mol. The van der Waals surface area contributed by atoms with Crippen molar-refractivity contribution in [2.45, 2.75) is 26.3 Å². The highest BCUT2D eigenvalue weighted by Gasteiger charge is 2.36. The maximum Gasteiger partial charge on any atom is 0.329 e. The molecule has 112 valence electrons. The van der Waals surface area contributed by atoms with Crippen LogP contribution in [0.25, 0.3) is 0 Å². The van der Waals surface area contributed by atoms with Crippen LogP contribution in [0.2, 0.25) is 0 Å². The van der Waals surface area contributed by atoms with E-state index in [-0.39, 0.29) is 19.6 Å². The smallest absolute Gasteiger partial charge is 0.329 e. The number of carbonyl (C=O) groups is 2. The minimum Gasteiger partial charge on any atom is -0.480 e. The third-order valence-electron chi connectivity index (χ3n) is 2.53. The van der Waals surface area contributed by atoms with Crippen molar-refractivity contribution in [3.05, 3.63) is 0 Å². The van der Waals surface area contributed by atoms with Crippen molar-refractivity contribution in [3.8, 4) is 0 Å². The second kappa shape index (κ2) is 6.71. The van der Waals surface area contributed by atoms with Crippen LogP contribution in [0.1, 0.15) is 20.8 Å². The Labute approximate surface area is 113 Å². The molecule has 8 nitrogen and oxygen atoms in total. The first-order chi connectivity index (χ1) is 8.52. The van der Waals surface area contributed by atoms with Crippen molar-refractivity contribution in [2.24, 2.45) is 0 Å². The number of amides is 2. The topological polar surface area (TPSA) is 116 Å². The van der Waals surface area contributed by atoms with Crippen LogP contribution in [-0.4, -0.2) is 61.9 Å². The van der Waals surface area contributed by atoms with E-state index in [2.05, 4.69) is 10.0 Å². The highest BCUT2D eigenvalue weighted by Crippen LogP contribution is 2.14. The summed E-state index contributed by atoms with van der Waals surface area (Å²) in [5, 5.41) is 11.5. The predicted molar refractivity (Wildman–Crippen MR) is 70.3 cm³/mol. The molecule has 0 heterocycles. The average Bonchev–Trinajstić information content (AvgIpc) is 2.23. The van der Waals surface area contributed by atoms with Crippen LogP contribution >= 0.6 is 0 Å². The van der Waals surface area contributed by atoms with E-state index in [0.717, 1.165) is 11.2 Å². The van der Waals surface area contributed by atoms with Crippen molar-refractivity contribution < 1.29 is 23.1 Å². The van der Waals surface area contributed by atoms with Gasteiger partial charge in [-0.3, -0.25) is 0 Å². The van der Waals surface area contributed by atoms with Gasteiger partial charge in [-0.2, -0.15) is 0 Å². The number of carbonyl (C=O) groups excluding carboxylic acids is 1. The van der Waals surface area contributed by atoms with E-state index in [4.69, 9.17) is 5.11 Å². The number of rotatable bonds is 7. The summed E-state index contributed by atoms with van der Waals surface area (Å²) in [7, 11) is -3.30. The van der Waals surface area contributed by atoms with Crippen molar-refractivity contribution >= 4 is 22.0 Å². The number of carboxylic acids is 1. The molecule has 0 atom stereocenters. The summed E-state index contributed by atoms with van der Waals surface area (Å²) < 4.78 is 23.8. The maximum atomic E-state index is 11.8. The summed E-state index contributed by atoms with van der Waals surface area (Å²) in [4.78, 5) is 24.1. The van der Waals surface area contributed by atoms with Gasteiger partial charge in [-0.05, 0) is 20.8 Å². The first-order valence-corrected chi connectivity index (χ1v) is 7.65.